The van der Waals surface area contributed by atoms with Gasteiger partial charge in [-0.05, 0) is 58.8 Å². The summed E-state index contributed by atoms with van der Waals surface area (Å²) >= 11 is 0. The molecule has 30 heavy (non-hydrogen) atoms. The van der Waals surface area contributed by atoms with Gasteiger partial charge in [0.25, 0.3) is 5.91 Å². The van der Waals surface area contributed by atoms with E-state index in [1.807, 2.05) is 11.8 Å². The van der Waals surface area contributed by atoms with Crippen molar-refractivity contribution in [2.24, 2.45) is 5.92 Å². The molecule has 0 radical (unpaired) electrons. The van der Waals surface area contributed by atoms with Crippen molar-refractivity contribution in [3.05, 3.63) is 17.1 Å². The summed E-state index contributed by atoms with van der Waals surface area (Å²) in [5, 5.41) is 10.2. The lowest BCUT2D eigenvalue weighted by Gasteiger charge is -2.34. The molecule has 4 rings (SSSR count). The number of amides is 2. The molecule has 1 saturated carbocycles. The van der Waals surface area contributed by atoms with Crippen molar-refractivity contribution in [1.29, 1.82) is 0 Å². The van der Waals surface area contributed by atoms with Gasteiger partial charge in [-0.1, -0.05) is 19.3 Å². The predicted molar refractivity (Wildman–Crippen MR) is 114 cm³/mol. The zero-order valence-corrected chi connectivity index (χ0v) is 18.5. The number of aryl methyl sites for hydroxylation is 1. The van der Waals surface area contributed by atoms with Crippen molar-refractivity contribution < 1.29 is 14.7 Å². The Balaban J connectivity index is 1.66. The molecular weight excluding hydrogens is 380 g/mol. The van der Waals surface area contributed by atoms with Gasteiger partial charge in [-0.2, -0.15) is 0 Å². The number of hydrogen-bond acceptors (Lipinski definition) is 5. The fraction of sp³-hybridized carbons (Fsp3) is 0.739. The van der Waals surface area contributed by atoms with E-state index in [4.69, 9.17) is 9.97 Å². The van der Waals surface area contributed by atoms with E-state index in [0.717, 1.165) is 36.5 Å². The van der Waals surface area contributed by atoms with E-state index in [0.29, 0.717) is 31.1 Å². The molecule has 0 bridgehead atoms. The Morgan fingerprint density at radius 3 is 2.53 bits per heavy atom. The van der Waals surface area contributed by atoms with E-state index >= 15 is 0 Å². The Morgan fingerprint density at radius 2 is 1.83 bits per heavy atom. The average Bonchev–Trinajstić information content (AvgIpc) is 3.19. The summed E-state index contributed by atoms with van der Waals surface area (Å²) in [7, 11) is 0. The maximum atomic E-state index is 12.8. The molecule has 0 spiro atoms. The number of carbonyl (C=O) groups is 2. The predicted octanol–water partition coefficient (Wildman–Crippen LogP) is 3.08. The quantitative estimate of drug-likeness (QED) is 0.818. The van der Waals surface area contributed by atoms with Crippen LogP contribution in [0.4, 0.5) is 5.82 Å². The minimum absolute atomic E-state index is 0.146. The Bertz CT molecular complexity index is 826. The number of rotatable bonds is 4. The fourth-order valence-corrected chi connectivity index (χ4v) is 5.20. The highest BCUT2D eigenvalue weighted by atomic mass is 16.3. The first-order valence-electron chi connectivity index (χ1n) is 11.5. The van der Waals surface area contributed by atoms with Crippen LogP contribution in [0, 0.1) is 12.8 Å². The number of anilines is 1. The molecule has 2 fully saturated rings. The Hall–Kier alpha value is -2.02. The van der Waals surface area contributed by atoms with Crippen molar-refractivity contribution in [2.75, 3.05) is 18.0 Å². The molecule has 1 aromatic heterocycles. The van der Waals surface area contributed by atoms with Gasteiger partial charge in [0.05, 0.1) is 6.04 Å². The van der Waals surface area contributed by atoms with E-state index in [9.17, 15) is 14.7 Å². The maximum Gasteiger partial charge on any atom is 0.254 e. The van der Waals surface area contributed by atoms with Crippen LogP contribution >= 0.6 is 0 Å². The van der Waals surface area contributed by atoms with Crippen LogP contribution in [0.25, 0.3) is 0 Å². The molecule has 0 aromatic carbocycles. The average molecular weight is 415 g/mol. The number of nitrogens with zero attached hydrogens (tertiary/aromatic N) is 4. The third-order valence-electron chi connectivity index (χ3n) is 6.86. The van der Waals surface area contributed by atoms with Gasteiger partial charge >= 0.3 is 0 Å². The van der Waals surface area contributed by atoms with Crippen LogP contribution in [0.2, 0.25) is 0 Å². The number of fused-ring (bicyclic) bond motifs is 1. The van der Waals surface area contributed by atoms with E-state index < -0.39 is 5.60 Å². The van der Waals surface area contributed by atoms with E-state index in [-0.39, 0.29) is 17.9 Å². The van der Waals surface area contributed by atoms with Crippen LogP contribution in [-0.2, 0) is 16.0 Å². The molecule has 1 N–H and O–H groups in total. The second-order valence-corrected chi connectivity index (χ2v) is 9.69. The van der Waals surface area contributed by atoms with Crippen LogP contribution in [0.1, 0.15) is 88.3 Å². The lowest BCUT2D eigenvalue weighted by atomic mass is 9.88. The molecular formula is C23H34N4O3. The zero-order valence-electron chi connectivity index (χ0n) is 18.5. The van der Waals surface area contributed by atoms with Gasteiger partial charge in [0, 0.05) is 30.8 Å². The van der Waals surface area contributed by atoms with Gasteiger partial charge in [-0.25, -0.2) is 9.97 Å². The number of aromatic nitrogens is 2. The van der Waals surface area contributed by atoms with Crippen molar-refractivity contribution in [2.45, 2.75) is 90.2 Å². The first kappa shape index (κ1) is 21.2. The molecule has 2 aliphatic heterocycles. The Labute approximate surface area is 178 Å². The molecule has 3 heterocycles. The first-order valence-corrected chi connectivity index (χ1v) is 11.5. The second-order valence-electron chi connectivity index (χ2n) is 9.69. The minimum Gasteiger partial charge on any atom is -0.381 e. The smallest absolute Gasteiger partial charge is 0.254 e. The molecule has 1 aliphatic carbocycles. The normalized spacial score (nSPS) is 23.1. The topological polar surface area (TPSA) is 86.6 Å². The van der Waals surface area contributed by atoms with Crippen LogP contribution < -0.4 is 4.90 Å². The van der Waals surface area contributed by atoms with E-state index in [1.54, 1.807) is 4.90 Å². The number of aliphatic hydroxyl groups is 1. The van der Waals surface area contributed by atoms with Crippen molar-refractivity contribution >= 4 is 17.6 Å². The highest BCUT2D eigenvalue weighted by molar-refractivity contribution is 5.95. The molecule has 1 aromatic rings. The van der Waals surface area contributed by atoms with Crippen LogP contribution in [0.15, 0.2) is 0 Å². The van der Waals surface area contributed by atoms with Gasteiger partial charge in [0.15, 0.2) is 5.82 Å². The minimum atomic E-state index is -1.42. The molecule has 1 saturated heterocycles. The summed E-state index contributed by atoms with van der Waals surface area (Å²) in [4.78, 5) is 38.9. The first-order chi connectivity index (χ1) is 14.3. The lowest BCUT2D eigenvalue weighted by molar-refractivity contribution is -0.149. The summed E-state index contributed by atoms with van der Waals surface area (Å²) in [5.41, 5.74) is 0.542. The van der Waals surface area contributed by atoms with Crippen LogP contribution in [0.3, 0.4) is 0 Å². The van der Waals surface area contributed by atoms with Crippen molar-refractivity contribution in [3.8, 4) is 0 Å². The monoisotopic (exact) mass is 414 g/mol. The van der Waals surface area contributed by atoms with E-state index in [2.05, 4.69) is 0 Å². The molecule has 7 nitrogen and oxygen atoms in total. The summed E-state index contributed by atoms with van der Waals surface area (Å²) in [6.45, 7) is 6.36. The molecule has 1 atom stereocenters. The van der Waals surface area contributed by atoms with Gasteiger partial charge in [-0.3, -0.25) is 14.5 Å². The van der Waals surface area contributed by atoms with Crippen LogP contribution in [-0.4, -0.2) is 50.5 Å². The second kappa shape index (κ2) is 8.25. The standard InChI is InChI=1S/C23H34N4O3/c1-15-17-11-12-19(28)27(14-16-8-5-4-6-9-16)21(17)25-20(24-15)18-10-7-13-26(18)22(29)23(2,3)30/h16,18,30H,4-14H2,1-3H3. The van der Waals surface area contributed by atoms with Crippen molar-refractivity contribution in [1.82, 2.24) is 14.9 Å². The molecule has 2 amide bonds. The van der Waals surface area contributed by atoms with Gasteiger partial charge in [0.1, 0.15) is 11.4 Å². The third kappa shape index (κ3) is 4.09. The molecule has 164 valence electrons. The molecule has 3 aliphatic rings. The number of likely N-dealkylation sites (tertiary alicyclic amines) is 1. The highest BCUT2D eigenvalue weighted by Crippen LogP contribution is 2.36. The maximum absolute atomic E-state index is 12.8. The Morgan fingerprint density at radius 1 is 1.10 bits per heavy atom. The largest absolute Gasteiger partial charge is 0.381 e. The number of hydrogen-bond donors (Lipinski definition) is 1. The van der Waals surface area contributed by atoms with Gasteiger partial charge in [-0.15, -0.1) is 0 Å². The third-order valence-corrected chi connectivity index (χ3v) is 6.86. The summed E-state index contributed by atoms with van der Waals surface area (Å²) in [6.07, 6.45) is 8.94. The lowest BCUT2D eigenvalue weighted by Crippen LogP contribution is -2.45. The van der Waals surface area contributed by atoms with Crippen molar-refractivity contribution in [3.63, 3.8) is 0 Å². The molecule has 1 unspecified atom stereocenters. The number of carbonyl (C=O) groups excluding carboxylic acids is 2. The highest BCUT2D eigenvalue weighted by Gasteiger charge is 2.39. The Kier molecular flexibility index (Phi) is 5.84. The molecule has 7 heteroatoms. The van der Waals surface area contributed by atoms with Gasteiger partial charge < -0.3 is 10.0 Å². The summed E-state index contributed by atoms with van der Waals surface area (Å²) < 4.78 is 0. The summed E-state index contributed by atoms with van der Waals surface area (Å²) in [5.74, 6) is 1.74. The zero-order chi connectivity index (χ0) is 21.5. The summed E-state index contributed by atoms with van der Waals surface area (Å²) in [6, 6.07) is -0.249. The van der Waals surface area contributed by atoms with E-state index in [1.165, 1.54) is 46.0 Å². The fourth-order valence-electron chi connectivity index (χ4n) is 5.20. The van der Waals surface area contributed by atoms with Gasteiger partial charge in [0.2, 0.25) is 5.91 Å². The van der Waals surface area contributed by atoms with Crippen LogP contribution in [0.5, 0.6) is 0 Å². The SMILES string of the molecule is Cc1nc(C2CCCN2C(=O)C(C)(C)O)nc2c1CCC(=O)N2CC1CCCCC1.